The van der Waals surface area contributed by atoms with Gasteiger partial charge in [0.05, 0.1) is 12.4 Å². The summed E-state index contributed by atoms with van der Waals surface area (Å²) in [5.74, 6) is -1.14. The normalized spacial score (nSPS) is 14.2. The van der Waals surface area contributed by atoms with E-state index >= 15 is 0 Å². The van der Waals surface area contributed by atoms with E-state index in [2.05, 4.69) is 0 Å². The zero-order chi connectivity index (χ0) is 14.5. The van der Waals surface area contributed by atoms with Crippen LogP contribution in [0.2, 0.25) is 0 Å². The Balaban J connectivity index is 2.06. The molecule has 0 radical (unpaired) electrons. The summed E-state index contributed by atoms with van der Waals surface area (Å²) in [6.07, 6.45) is 1.67. The fraction of sp³-hybridized carbons (Fsp3) is 0.333. The standard InChI is InChI=1S/C15H17F2NO2/c16-10-3-5-12(14(17)8-10)13(9-18)15(19)6-4-11-2-1-7-20-11/h1-3,5,7-8,13,15,19H,4,6,9,18H2. The molecule has 5 heteroatoms. The van der Waals surface area contributed by atoms with Crippen LogP contribution in [0.15, 0.2) is 41.0 Å². The Morgan fingerprint density at radius 1 is 1.25 bits per heavy atom. The number of halogens is 2. The van der Waals surface area contributed by atoms with Crippen LogP contribution in [0.3, 0.4) is 0 Å². The number of hydrogen-bond donors (Lipinski definition) is 2. The second kappa shape index (κ2) is 6.63. The molecule has 0 saturated heterocycles. The van der Waals surface area contributed by atoms with E-state index in [0.29, 0.717) is 12.8 Å². The van der Waals surface area contributed by atoms with Gasteiger partial charge in [0.15, 0.2) is 0 Å². The number of aliphatic hydroxyl groups is 1. The molecule has 3 nitrogen and oxygen atoms in total. The van der Waals surface area contributed by atoms with Crippen LogP contribution in [0.4, 0.5) is 8.78 Å². The van der Waals surface area contributed by atoms with Crippen molar-refractivity contribution in [3.63, 3.8) is 0 Å². The van der Waals surface area contributed by atoms with Crippen LogP contribution in [-0.2, 0) is 6.42 Å². The Bertz CT molecular complexity index is 543. The van der Waals surface area contributed by atoms with Gasteiger partial charge in [0.1, 0.15) is 17.4 Å². The Morgan fingerprint density at radius 2 is 2.05 bits per heavy atom. The van der Waals surface area contributed by atoms with Gasteiger partial charge in [-0.25, -0.2) is 8.78 Å². The first-order valence-corrected chi connectivity index (χ1v) is 6.47. The van der Waals surface area contributed by atoms with Gasteiger partial charge in [-0.05, 0) is 30.2 Å². The number of hydrogen-bond acceptors (Lipinski definition) is 3. The van der Waals surface area contributed by atoms with Gasteiger partial charge in [-0.2, -0.15) is 0 Å². The lowest BCUT2D eigenvalue weighted by Crippen LogP contribution is -2.27. The largest absolute Gasteiger partial charge is 0.469 e. The van der Waals surface area contributed by atoms with Crippen molar-refractivity contribution in [2.75, 3.05) is 6.54 Å². The maximum Gasteiger partial charge on any atom is 0.129 e. The van der Waals surface area contributed by atoms with Crippen LogP contribution in [0.25, 0.3) is 0 Å². The fourth-order valence-corrected chi connectivity index (χ4v) is 2.24. The molecular formula is C15H17F2NO2. The second-order valence-electron chi connectivity index (χ2n) is 4.69. The van der Waals surface area contributed by atoms with Crippen LogP contribution in [0.5, 0.6) is 0 Å². The SMILES string of the molecule is NCC(c1ccc(F)cc1F)C(O)CCc1ccco1. The van der Waals surface area contributed by atoms with Crippen LogP contribution in [-0.4, -0.2) is 17.8 Å². The van der Waals surface area contributed by atoms with E-state index in [1.54, 1.807) is 12.3 Å². The summed E-state index contributed by atoms with van der Waals surface area (Å²) < 4.78 is 31.8. The smallest absolute Gasteiger partial charge is 0.129 e. The van der Waals surface area contributed by atoms with Crippen LogP contribution in [0, 0.1) is 11.6 Å². The van der Waals surface area contributed by atoms with Gasteiger partial charge >= 0.3 is 0 Å². The highest BCUT2D eigenvalue weighted by Gasteiger charge is 2.23. The van der Waals surface area contributed by atoms with Crippen molar-refractivity contribution >= 4 is 0 Å². The van der Waals surface area contributed by atoms with Crippen molar-refractivity contribution in [1.29, 1.82) is 0 Å². The molecule has 0 saturated carbocycles. The van der Waals surface area contributed by atoms with E-state index in [1.807, 2.05) is 6.07 Å². The minimum atomic E-state index is -0.815. The highest BCUT2D eigenvalue weighted by atomic mass is 19.1. The molecular weight excluding hydrogens is 264 g/mol. The Labute approximate surface area is 116 Å². The monoisotopic (exact) mass is 281 g/mol. The summed E-state index contributed by atoms with van der Waals surface area (Å²) in [5, 5.41) is 10.2. The molecule has 0 bridgehead atoms. The molecule has 1 heterocycles. The van der Waals surface area contributed by atoms with Gasteiger partial charge in [-0.1, -0.05) is 6.07 Å². The summed E-state index contributed by atoms with van der Waals surface area (Å²) in [6, 6.07) is 6.88. The van der Waals surface area contributed by atoms with Crippen LogP contribution >= 0.6 is 0 Å². The van der Waals surface area contributed by atoms with Gasteiger partial charge in [0, 0.05) is 24.9 Å². The molecule has 0 aliphatic heterocycles. The molecule has 2 unspecified atom stereocenters. The van der Waals surface area contributed by atoms with Gasteiger partial charge in [-0.15, -0.1) is 0 Å². The molecule has 0 amide bonds. The van der Waals surface area contributed by atoms with E-state index in [1.165, 1.54) is 12.1 Å². The zero-order valence-corrected chi connectivity index (χ0v) is 10.9. The minimum absolute atomic E-state index is 0.0852. The lowest BCUT2D eigenvalue weighted by molar-refractivity contribution is 0.132. The van der Waals surface area contributed by atoms with Gasteiger partial charge in [0.25, 0.3) is 0 Å². The zero-order valence-electron chi connectivity index (χ0n) is 10.9. The van der Waals surface area contributed by atoms with E-state index < -0.39 is 23.7 Å². The maximum atomic E-state index is 13.7. The summed E-state index contributed by atoms with van der Waals surface area (Å²) in [7, 11) is 0. The molecule has 2 rings (SSSR count). The van der Waals surface area contributed by atoms with Gasteiger partial charge in [0.2, 0.25) is 0 Å². The van der Waals surface area contributed by atoms with Crippen molar-refractivity contribution < 1.29 is 18.3 Å². The maximum absolute atomic E-state index is 13.7. The number of rotatable bonds is 6. The van der Waals surface area contributed by atoms with Gasteiger partial charge < -0.3 is 15.3 Å². The molecule has 2 atom stereocenters. The lowest BCUT2D eigenvalue weighted by atomic mass is 9.90. The molecule has 3 N–H and O–H groups in total. The van der Waals surface area contributed by atoms with Crippen molar-refractivity contribution in [3.05, 3.63) is 59.6 Å². The minimum Gasteiger partial charge on any atom is -0.469 e. The van der Waals surface area contributed by atoms with Crippen molar-refractivity contribution in [2.24, 2.45) is 5.73 Å². The number of aliphatic hydroxyl groups excluding tert-OH is 1. The number of furan rings is 1. The molecule has 2 aromatic rings. The lowest BCUT2D eigenvalue weighted by Gasteiger charge is -2.22. The van der Waals surface area contributed by atoms with Gasteiger partial charge in [-0.3, -0.25) is 0 Å². The summed E-state index contributed by atoms with van der Waals surface area (Å²) in [6.45, 7) is 0.0852. The first-order valence-electron chi connectivity index (χ1n) is 6.47. The average Bonchev–Trinajstić information content (AvgIpc) is 2.93. The Morgan fingerprint density at radius 3 is 2.65 bits per heavy atom. The highest BCUT2D eigenvalue weighted by Crippen LogP contribution is 2.25. The first-order chi connectivity index (χ1) is 9.61. The molecule has 108 valence electrons. The fourth-order valence-electron chi connectivity index (χ4n) is 2.24. The third kappa shape index (κ3) is 3.43. The summed E-state index contributed by atoms with van der Waals surface area (Å²) >= 11 is 0. The van der Waals surface area contributed by atoms with Crippen molar-refractivity contribution in [1.82, 2.24) is 0 Å². The predicted molar refractivity (Wildman–Crippen MR) is 71.2 cm³/mol. The second-order valence-corrected chi connectivity index (χ2v) is 4.69. The molecule has 1 aromatic heterocycles. The first kappa shape index (κ1) is 14.7. The molecule has 0 aliphatic carbocycles. The topological polar surface area (TPSA) is 59.4 Å². The third-order valence-corrected chi connectivity index (χ3v) is 3.35. The van der Waals surface area contributed by atoms with Crippen molar-refractivity contribution in [3.8, 4) is 0 Å². The molecule has 0 spiro atoms. The number of benzene rings is 1. The predicted octanol–water partition coefficient (Wildman–Crippen LogP) is 2.59. The third-order valence-electron chi connectivity index (χ3n) is 3.35. The highest BCUT2D eigenvalue weighted by molar-refractivity contribution is 5.24. The summed E-state index contributed by atoms with van der Waals surface area (Å²) in [5.41, 5.74) is 5.85. The quantitative estimate of drug-likeness (QED) is 0.855. The van der Waals surface area contributed by atoms with Crippen LogP contribution < -0.4 is 5.73 Å². The molecule has 0 aliphatic rings. The molecule has 0 fully saturated rings. The van der Waals surface area contributed by atoms with E-state index in [4.69, 9.17) is 10.2 Å². The van der Waals surface area contributed by atoms with E-state index in [9.17, 15) is 13.9 Å². The number of nitrogens with two attached hydrogens (primary N) is 1. The van der Waals surface area contributed by atoms with Crippen LogP contribution in [0.1, 0.15) is 23.7 Å². The average molecular weight is 281 g/mol. The van der Waals surface area contributed by atoms with E-state index in [-0.39, 0.29) is 12.1 Å². The summed E-state index contributed by atoms with van der Waals surface area (Å²) in [4.78, 5) is 0. The Kier molecular flexibility index (Phi) is 4.87. The molecule has 20 heavy (non-hydrogen) atoms. The van der Waals surface area contributed by atoms with Crippen molar-refractivity contribution in [2.45, 2.75) is 24.9 Å². The number of aryl methyl sites for hydroxylation is 1. The Hall–Kier alpha value is -1.72. The van der Waals surface area contributed by atoms with E-state index in [0.717, 1.165) is 11.8 Å². The molecule has 1 aromatic carbocycles.